The lowest BCUT2D eigenvalue weighted by Gasteiger charge is -2.01. The molecule has 78 valence electrons. The summed E-state index contributed by atoms with van der Waals surface area (Å²) in [6.45, 7) is 0. The molecule has 0 saturated heterocycles. The standard InChI is InChI=1S/C10H9ClN2OS/c11-10-2-1-7(14-10)6-15-9-5-13-4-3-8(9)12/h1-5H,6H2,(H2,12,13). The van der Waals surface area contributed by atoms with E-state index in [-0.39, 0.29) is 0 Å². The van der Waals surface area contributed by atoms with E-state index in [9.17, 15) is 0 Å². The maximum Gasteiger partial charge on any atom is 0.193 e. The maximum atomic E-state index is 5.77. The van der Waals surface area contributed by atoms with Crippen molar-refractivity contribution in [2.45, 2.75) is 10.6 Å². The van der Waals surface area contributed by atoms with Gasteiger partial charge in [-0.25, -0.2) is 0 Å². The zero-order chi connectivity index (χ0) is 10.7. The third kappa shape index (κ3) is 2.67. The Labute approximate surface area is 96.6 Å². The van der Waals surface area contributed by atoms with Gasteiger partial charge in [0.25, 0.3) is 0 Å². The van der Waals surface area contributed by atoms with Crippen LogP contribution in [0.15, 0.2) is 39.9 Å². The highest BCUT2D eigenvalue weighted by Crippen LogP contribution is 2.28. The Morgan fingerprint density at radius 1 is 1.40 bits per heavy atom. The molecule has 0 aliphatic heterocycles. The number of nitrogen functional groups attached to an aromatic ring is 1. The number of hydrogen-bond donors (Lipinski definition) is 1. The molecule has 0 spiro atoms. The lowest BCUT2D eigenvalue weighted by Crippen LogP contribution is -1.89. The van der Waals surface area contributed by atoms with Gasteiger partial charge in [-0.05, 0) is 29.8 Å². The lowest BCUT2D eigenvalue weighted by atomic mass is 10.4. The molecule has 0 unspecified atom stereocenters. The predicted octanol–water partition coefficient (Wildman–Crippen LogP) is 3.20. The zero-order valence-electron chi connectivity index (χ0n) is 7.81. The van der Waals surface area contributed by atoms with Crippen molar-refractivity contribution in [1.29, 1.82) is 0 Å². The molecule has 0 aromatic carbocycles. The number of furan rings is 1. The molecule has 0 fully saturated rings. The van der Waals surface area contributed by atoms with Crippen LogP contribution in [0.2, 0.25) is 5.22 Å². The minimum absolute atomic E-state index is 0.407. The van der Waals surface area contributed by atoms with E-state index < -0.39 is 0 Å². The first-order valence-corrected chi connectivity index (χ1v) is 5.68. The van der Waals surface area contributed by atoms with E-state index >= 15 is 0 Å². The van der Waals surface area contributed by atoms with Crippen molar-refractivity contribution < 1.29 is 4.42 Å². The first-order valence-electron chi connectivity index (χ1n) is 4.32. The molecule has 0 atom stereocenters. The molecule has 0 saturated carbocycles. The van der Waals surface area contributed by atoms with Gasteiger partial charge >= 0.3 is 0 Å². The second kappa shape index (κ2) is 4.59. The van der Waals surface area contributed by atoms with Crippen molar-refractivity contribution in [3.05, 3.63) is 41.6 Å². The number of anilines is 1. The van der Waals surface area contributed by atoms with Crippen LogP contribution < -0.4 is 5.73 Å². The van der Waals surface area contributed by atoms with E-state index in [2.05, 4.69) is 4.98 Å². The Morgan fingerprint density at radius 3 is 2.93 bits per heavy atom. The summed E-state index contributed by atoms with van der Waals surface area (Å²) < 4.78 is 5.23. The van der Waals surface area contributed by atoms with Crippen LogP contribution in [0.1, 0.15) is 5.76 Å². The average molecular weight is 241 g/mol. The van der Waals surface area contributed by atoms with Gasteiger partial charge in [0.05, 0.1) is 5.75 Å². The summed E-state index contributed by atoms with van der Waals surface area (Å²) in [6, 6.07) is 5.35. The second-order valence-corrected chi connectivity index (χ2v) is 4.30. The SMILES string of the molecule is Nc1ccncc1SCc1ccc(Cl)o1. The normalized spacial score (nSPS) is 10.5. The largest absolute Gasteiger partial charge is 0.449 e. The minimum atomic E-state index is 0.407. The molecule has 0 bridgehead atoms. The fourth-order valence-electron chi connectivity index (χ4n) is 1.09. The fourth-order valence-corrected chi connectivity index (χ4v) is 2.07. The Morgan fingerprint density at radius 2 is 2.27 bits per heavy atom. The van der Waals surface area contributed by atoms with E-state index in [1.807, 2.05) is 6.07 Å². The van der Waals surface area contributed by atoms with E-state index in [0.29, 0.717) is 11.0 Å². The monoisotopic (exact) mass is 240 g/mol. The van der Waals surface area contributed by atoms with Gasteiger partial charge < -0.3 is 10.2 Å². The summed E-state index contributed by atoms with van der Waals surface area (Å²) in [5, 5.41) is 0.407. The molecular weight excluding hydrogens is 232 g/mol. The van der Waals surface area contributed by atoms with Crippen LogP contribution in [0.5, 0.6) is 0 Å². The van der Waals surface area contributed by atoms with Crippen molar-refractivity contribution >= 4 is 29.1 Å². The number of halogens is 1. The summed E-state index contributed by atoms with van der Waals surface area (Å²) >= 11 is 7.23. The van der Waals surface area contributed by atoms with Crippen molar-refractivity contribution in [2.75, 3.05) is 5.73 Å². The topological polar surface area (TPSA) is 52.0 Å². The summed E-state index contributed by atoms with van der Waals surface area (Å²) in [5.41, 5.74) is 6.50. The van der Waals surface area contributed by atoms with E-state index in [0.717, 1.165) is 16.3 Å². The fraction of sp³-hybridized carbons (Fsp3) is 0.100. The van der Waals surface area contributed by atoms with Crippen LogP contribution in [0.3, 0.4) is 0 Å². The molecule has 0 radical (unpaired) electrons. The maximum absolute atomic E-state index is 5.77. The number of pyridine rings is 1. The first-order chi connectivity index (χ1) is 7.25. The molecule has 5 heteroatoms. The Bertz CT molecular complexity index is 458. The zero-order valence-corrected chi connectivity index (χ0v) is 9.39. The van der Waals surface area contributed by atoms with Crippen LogP contribution in [0, 0.1) is 0 Å². The van der Waals surface area contributed by atoms with Gasteiger partial charge in [0, 0.05) is 23.0 Å². The van der Waals surface area contributed by atoms with Gasteiger partial charge in [0.15, 0.2) is 5.22 Å². The first kappa shape index (κ1) is 10.4. The van der Waals surface area contributed by atoms with Crippen LogP contribution in [-0.2, 0) is 5.75 Å². The predicted molar refractivity (Wildman–Crippen MR) is 61.9 cm³/mol. The Balaban J connectivity index is 2.02. The Kier molecular flexibility index (Phi) is 3.18. The molecule has 0 aliphatic rings. The summed E-state index contributed by atoms with van der Waals surface area (Å²) in [4.78, 5) is 4.95. The smallest absolute Gasteiger partial charge is 0.193 e. The van der Waals surface area contributed by atoms with E-state index in [1.165, 1.54) is 0 Å². The van der Waals surface area contributed by atoms with Crippen molar-refractivity contribution in [3.63, 3.8) is 0 Å². The number of aromatic nitrogens is 1. The van der Waals surface area contributed by atoms with Gasteiger partial charge in [0.1, 0.15) is 5.76 Å². The van der Waals surface area contributed by atoms with Crippen molar-refractivity contribution in [1.82, 2.24) is 4.98 Å². The van der Waals surface area contributed by atoms with Crippen LogP contribution >= 0.6 is 23.4 Å². The van der Waals surface area contributed by atoms with Gasteiger partial charge in [-0.2, -0.15) is 0 Å². The number of nitrogens with two attached hydrogens (primary N) is 1. The summed E-state index contributed by atoms with van der Waals surface area (Å²) in [5.74, 6) is 1.52. The second-order valence-electron chi connectivity index (χ2n) is 2.91. The molecule has 0 amide bonds. The van der Waals surface area contributed by atoms with Crippen LogP contribution in [0.25, 0.3) is 0 Å². The molecule has 2 N–H and O–H groups in total. The van der Waals surface area contributed by atoms with E-state index in [4.69, 9.17) is 21.8 Å². The molecule has 0 aliphatic carbocycles. The van der Waals surface area contributed by atoms with Crippen molar-refractivity contribution in [2.24, 2.45) is 0 Å². The number of rotatable bonds is 3. The molecule has 2 aromatic heterocycles. The molecule has 15 heavy (non-hydrogen) atoms. The quantitative estimate of drug-likeness (QED) is 0.837. The highest BCUT2D eigenvalue weighted by Gasteiger charge is 2.03. The van der Waals surface area contributed by atoms with Gasteiger partial charge in [-0.15, -0.1) is 11.8 Å². The summed E-state index contributed by atoms with van der Waals surface area (Å²) in [7, 11) is 0. The van der Waals surface area contributed by atoms with Crippen molar-refractivity contribution in [3.8, 4) is 0 Å². The number of nitrogens with zero attached hydrogens (tertiary/aromatic N) is 1. The summed E-state index contributed by atoms with van der Waals surface area (Å²) in [6.07, 6.45) is 3.41. The highest BCUT2D eigenvalue weighted by atomic mass is 35.5. The van der Waals surface area contributed by atoms with Gasteiger partial charge in [-0.1, -0.05) is 0 Å². The number of hydrogen-bond acceptors (Lipinski definition) is 4. The third-order valence-corrected chi connectivity index (χ3v) is 3.10. The molecular formula is C10H9ClN2OS. The average Bonchev–Trinajstić information content (AvgIpc) is 2.63. The molecule has 2 heterocycles. The van der Waals surface area contributed by atoms with Crippen LogP contribution in [-0.4, -0.2) is 4.98 Å². The van der Waals surface area contributed by atoms with Gasteiger partial charge in [-0.3, -0.25) is 4.98 Å². The number of thioether (sulfide) groups is 1. The third-order valence-electron chi connectivity index (χ3n) is 1.82. The molecule has 2 rings (SSSR count). The lowest BCUT2D eigenvalue weighted by molar-refractivity contribution is 0.532. The minimum Gasteiger partial charge on any atom is -0.449 e. The van der Waals surface area contributed by atoms with E-state index in [1.54, 1.807) is 36.3 Å². The van der Waals surface area contributed by atoms with Crippen LogP contribution in [0.4, 0.5) is 5.69 Å². The molecule has 2 aromatic rings. The Hall–Kier alpha value is -1.13. The highest BCUT2D eigenvalue weighted by molar-refractivity contribution is 7.98. The molecule has 3 nitrogen and oxygen atoms in total. The van der Waals surface area contributed by atoms with Gasteiger partial charge in [0.2, 0.25) is 0 Å².